The van der Waals surface area contributed by atoms with Gasteiger partial charge in [0.15, 0.2) is 0 Å². The summed E-state index contributed by atoms with van der Waals surface area (Å²) in [5.74, 6) is 6.71. The Morgan fingerprint density at radius 1 is 1.29 bits per heavy atom. The quantitative estimate of drug-likeness (QED) is 0.583. The van der Waals surface area contributed by atoms with Crippen molar-refractivity contribution >= 4 is 15.9 Å². The summed E-state index contributed by atoms with van der Waals surface area (Å²) in [6.45, 7) is 4.43. The molecule has 3 rings (SSSR count). The number of rotatable bonds is 7. The highest BCUT2D eigenvalue weighted by Crippen LogP contribution is 2.35. The van der Waals surface area contributed by atoms with Crippen LogP contribution >= 0.6 is 0 Å². The molecule has 0 spiro atoms. The molecule has 1 aromatic carbocycles. The average molecular weight is 492 g/mol. The molecule has 0 aromatic heterocycles. The van der Waals surface area contributed by atoms with E-state index in [4.69, 9.17) is 4.74 Å². The lowest BCUT2D eigenvalue weighted by Gasteiger charge is -2.37. The number of aliphatic hydroxyl groups excluding tert-OH is 1. The summed E-state index contributed by atoms with van der Waals surface area (Å²) in [6, 6.07) is 4.27. The number of benzene rings is 1. The Bertz CT molecular complexity index is 1040. The van der Waals surface area contributed by atoms with Gasteiger partial charge in [-0.1, -0.05) is 18.8 Å². The predicted octanol–water partition coefficient (Wildman–Crippen LogP) is 1.63. The molecule has 1 aromatic rings. The van der Waals surface area contributed by atoms with E-state index in [0.717, 1.165) is 12.8 Å². The first-order chi connectivity index (χ1) is 16.0. The SMILES string of the molecule is C[C@H](CO)N1C[C@H](C)[C@H](CN(C)C(=O)CC2CC2)Oc2cc(C#CCN(C)C)ccc2S1(=O)=O. The van der Waals surface area contributed by atoms with E-state index in [9.17, 15) is 18.3 Å². The molecule has 3 atom stereocenters. The van der Waals surface area contributed by atoms with Gasteiger partial charge in [0, 0.05) is 37.5 Å². The first-order valence-corrected chi connectivity index (χ1v) is 13.3. The molecule has 1 N–H and O–H groups in total. The smallest absolute Gasteiger partial charge is 0.247 e. The van der Waals surface area contributed by atoms with Crippen LogP contribution in [0.15, 0.2) is 23.1 Å². The zero-order chi connectivity index (χ0) is 25.0. The Balaban J connectivity index is 1.97. The van der Waals surface area contributed by atoms with Gasteiger partial charge in [-0.15, -0.1) is 0 Å². The number of nitrogens with zero attached hydrogens (tertiary/aromatic N) is 3. The highest BCUT2D eigenvalue weighted by molar-refractivity contribution is 7.89. The van der Waals surface area contributed by atoms with Gasteiger partial charge >= 0.3 is 0 Å². The van der Waals surface area contributed by atoms with E-state index < -0.39 is 22.2 Å². The molecule has 0 radical (unpaired) electrons. The van der Waals surface area contributed by atoms with Crippen LogP contribution in [0.25, 0.3) is 0 Å². The van der Waals surface area contributed by atoms with Crippen molar-refractivity contribution in [1.82, 2.24) is 14.1 Å². The number of hydrogen-bond donors (Lipinski definition) is 1. The molecule has 1 saturated carbocycles. The predicted molar refractivity (Wildman–Crippen MR) is 131 cm³/mol. The molecule has 188 valence electrons. The van der Waals surface area contributed by atoms with Crippen LogP contribution in [-0.2, 0) is 14.8 Å². The fourth-order valence-electron chi connectivity index (χ4n) is 3.92. The maximum absolute atomic E-state index is 13.5. The Hall–Kier alpha value is -2.12. The van der Waals surface area contributed by atoms with Gasteiger partial charge < -0.3 is 14.7 Å². The van der Waals surface area contributed by atoms with Crippen LogP contribution < -0.4 is 4.74 Å². The summed E-state index contributed by atoms with van der Waals surface area (Å²) in [5.41, 5.74) is 0.655. The van der Waals surface area contributed by atoms with Gasteiger partial charge in [-0.25, -0.2) is 8.42 Å². The third kappa shape index (κ3) is 6.51. The number of fused-ring (bicyclic) bond motifs is 1. The lowest BCUT2D eigenvalue weighted by atomic mass is 10.0. The second-order valence-corrected chi connectivity index (χ2v) is 11.7. The Morgan fingerprint density at radius 3 is 2.62 bits per heavy atom. The molecule has 1 amide bonds. The second-order valence-electron chi connectivity index (χ2n) is 9.86. The normalized spacial score (nSPS) is 23.0. The molecule has 1 aliphatic carbocycles. The van der Waals surface area contributed by atoms with Crippen LogP contribution in [0.1, 0.15) is 38.7 Å². The maximum atomic E-state index is 13.5. The van der Waals surface area contributed by atoms with Crippen LogP contribution in [0.4, 0.5) is 0 Å². The van der Waals surface area contributed by atoms with Crippen LogP contribution in [-0.4, -0.2) is 93.1 Å². The third-order valence-electron chi connectivity index (χ3n) is 6.33. The lowest BCUT2D eigenvalue weighted by molar-refractivity contribution is -0.131. The van der Waals surface area contributed by atoms with Crippen molar-refractivity contribution in [3.05, 3.63) is 23.8 Å². The fraction of sp³-hybridized carbons (Fsp3) is 0.640. The molecule has 2 aliphatic rings. The first-order valence-electron chi connectivity index (χ1n) is 11.8. The van der Waals surface area contributed by atoms with E-state index in [1.807, 2.05) is 25.9 Å². The zero-order valence-electron chi connectivity index (χ0n) is 20.8. The van der Waals surface area contributed by atoms with Crippen molar-refractivity contribution in [2.75, 3.05) is 47.4 Å². The van der Waals surface area contributed by atoms with E-state index in [1.165, 1.54) is 10.4 Å². The summed E-state index contributed by atoms with van der Waals surface area (Å²) in [6.07, 6.45) is 2.34. The van der Waals surface area contributed by atoms with Gasteiger partial charge in [-0.05, 0) is 58.0 Å². The van der Waals surface area contributed by atoms with Gasteiger partial charge in [0.2, 0.25) is 15.9 Å². The van der Waals surface area contributed by atoms with Gasteiger partial charge in [0.25, 0.3) is 0 Å². The Kier molecular flexibility index (Phi) is 8.63. The Morgan fingerprint density at radius 2 is 2.00 bits per heavy atom. The number of amides is 1. The monoisotopic (exact) mass is 491 g/mol. The summed E-state index contributed by atoms with van der Waals surface area (Å²) in [7, 11) is 1.72. The molecule has 8 nitrogen and oxygen atoms in total. The van der Waals surface area contributed by atoms with Crippen LogP contribution in [0.2, 0.25) is 0 Å². The van der Waals surface area contributed by atoms with Gasteiger partial charge in [0.1, 0.15) is 16.7 Å². The summed E-state index contributed by atoms with van der Waals surface area (Å²) in [4.78, 5) is 16.3. The fourth-order valence-corrected chi connectivity index (χ4v) is 5.74. The van der Waals surface area contributed by atoms with E-state index in [2.05, 4.69) is 11.8 Å². The highest BCUT2D eigenvalue weighted by Gasteiger charge is 2.38. The highest BCUT2D eigenvalue weighted by atomic mass is 32.2. The van der Waals surface area contributed by atoms with E-state index in [1.54, 1.807) is 31.0 Å². The molecular formula is C25H37N3O5S. The molecule has 0 unspecified atom stereocenters. The molecule has 9 heteroatoms. The van der Waals surface area contributed by atoms with Crippen LogP contribution in [0.3, 0.4) is 0 Å². The number of hydrogen-bond acceptors (Lipinski definition) is 6. The minimum absolute atomic E-state index is 0.0508. The molecule has 0 saturated heterocycles. The maximum Gasteiger partial charge on any atom is 0.247 e. The lowest BCUT2D eigenvalue weighted by Crippen LogP contribution is -2.50. The van der Waals surface area contributed by atoms with Crippen molar-refractivity contribution in [1.29, 1.82) is 0 Å². The van der Waals surface area contributed by atoms with Gasteiger partial charge in [0.05, 0.1) is 19.7 Å². The molecule has 1 aliphatic heterocycles. The van der Waals surface area contributed by atoms with Crippen LogP contribution in [0.5, 0.6) is 5.75 Å². The van der Waals surface area contributed by atoms with Gasteiger partial charge in [-0.3, -0.25) is 9.69 Å². The van der Waals surface area contributed by atoms with E-state index >= 15 is 0 Å². The topological polar surface area (TPSA) is 90.4 Å². The number of carbonyl (C=O) groups excluding carboxylic acids is 1. The van der Waals surface area contributed by atoms with Crippen molar-refractivity contribution < 1.29 is 23.1 Å². The number of aliphatic hydroxyl groups is 1. The minimum atomic E-state index is -3.90. The molecule has 0 bridgehead atoms. The van der Waals surface area contributed by atoms with Gasteiger partial charge in [-0.2, -0.15) is 4.31 Å². The van der Waals surface area contributed by atoms with Crippen LogP contribution in [0, 0.1) is 23.7 Å². The zero-order valence-corrected chi connectivity index (χ0v) is 21.6. The molecular weight excluding hydrogens is 454 g/mol. The summed E-state index contributed by atoms with van der Waals surface area (Å²) < 4.78 is 34.7. The number of sulfonamides is 1. The van der Waals surface area contributed by atoms with Crippen molar-refractivity contribution in [3.63, 3.8) is 0 Å². The molecule has 1 fully saturated rings. The number of carbonyl (C=O) groups is 1. The third-order valence-corrected chi connectivity index (χ3v) is 8.35. The molecule has 34 heavy (non-hydrogen) atoms. The summed E-state index contributed by atoms with van der Waals surface area (Å²) in [5, 5.41) is 9.76. The summed E-state index contributed by atoms with van der Waals surface area (Å²) >= 11 is 0. The van der Waals surface area contributed by atoms with E-state index in [-0.39, 0.29) is 35.6 Å². The Labute approximate surface area is 203 Å². The largest absolute Gasteiger partial charge is 0.487 e. The first kappa shape index (κ1) is 26.5. The van der Waals surface area contributed by atoms with Crippen molar-refractivity contribution in [3.8, 4) is 17.6 Å². The second kappa shape index (κ2) is 11.1. The standard InChI is InChI=1S/C25H37N3O5S/c1-18-15-28(19(2)17-29)34(31,32)24-11-10-20(7-6-12-26(3)4)13-22(24)33-23(18)16-27(5)25(30)14-21-8-9-21/h10-11,13,18-19,21,23,29H,8-9,12,14-17H2,1-5H3/t18-,19+,23-/m0/s1. The number of ether oxygens (including phenoxy) is 1. The minimum Gasteiger partial charge on any atom is -0.487 e. The average Bonchev–Trinajstić information content (AvgIpc) is 3.59. The van der Waals surface area contributed by atoms with E-state index in [0.29, 0.717) is 31.0 Å². The molecule has 1 heterocycles. The number of likely N-dealkylation sites (N-methyl/N-ethyl adjacent to an activating group) is 1. The van der Waals surface area contributed by atoms with Crippen molar-refractivity contribution in [2.45, 2.75) is 50.2 Å². The van der Waals surface area contributed by atoms with Crippen molar-refractivity contribution in [2.24, 2.45) is 11.8 Å².